The molecule has 0 bridgehead atoms. The first-order valence-corrected chi connectivity index (χ1v) is 10.9. The third-order valence-corrected chi connectivity index (χ3v) is 5.17. The maximum Gasteiger partial charge on any atom is 0.257 e. The average Bonchev–Trinajstić information content (AvgIpc) is 2.73. The second-order valence-corrected chi connectivity index (χ2v) is 7.81. The molecule has 2 aromatic carbocycles. The molecule has 0 aliphatic carbocycles. The molecule has 0 saturated carbocycles. The van der Waals surface area contributed by atoms with E-state index < -0.39 is 0 Å². The molecule has 2 aromatic rings. The standard InChI is InChI=1S/C24H33ClN2O3/c1-5-6-14-29-19(3)27(22-9-7-8-21(25)16-22)18(2)15-20-10-12-23(13-11-20)30-17-24(28)26-4/h7-13,16,18-19H,5-6,14-15,17H2,1-4H3,(H,26,28). The van der Waals surface area contributed by atoms with Crippen LogP contribution >= 0.6 is 11.6 Å². The van der Waals surface area contributed by atoms with Crippen LogP contribution in [0.2, 0.25) is 5.02 Å². The fourth-order valence-electron chi connectivity index (χ4n) is 3.32. The number of nitrogens with zero attached hydrogens (tertiary/aromatic N) is 1. The Morgan fingerprint density at radius 3 is 2.53 bits per heavy atom. The highest BCUT2D eigenvalue weighted by Crippen LogP contribution is 2.26. The summed E-state index contributed by atoms with van der Waals surface area (Å²) < 4.78 is 11.6. The van der Waals surface area contributed by atoms with Crippen molar-refractivity contribution in [2.75, 3.05) is 25.2 Å². The lowest BCUT2D eigenvalue weighted by Crippen LogP contribution is -2.43. The molecule has 2 rings (SSSR count). The highest BCUT2D eigenvalue weighted by molar-refractivity contribution is 6.30. The predicted molar refractivity (Wildman–Crippen MR) is 123 cm³/mol. The fraction of sp³-hybridized carbons (Fsp3) is 0.458. The Labute approximate surface area is 185 Å². The molecule has 0 spiro atoms. The normalized spacial score (nSPS) is 12.8. The van der Waals surface area contributed by atoms with Crippen LogP contribution in [-0.4, -0.2) is 38.4 Å². The van der Waals surface area contributed by atoms with Crippen molar-refractivity contribution in [1.29, 1.82) is 0 Å². The fourth-order valence-corrected chi connectivity index (χ4v) is 3.50. The summed E-state index contributed by atoms with van der Waals surface area (Å²) in [6, 6.07) is 16.0. The molecule has 5 nitrogen and oxygen atoms in total. The summed E-state index contributed by atoms with van der Waals surface area (Å²) in [7, 11) is 1.59. The topological polar surface area (TPSA) is 50.8 Å². The van der Waals surface area contributed by atoms with Crippen LogP contribution in [0.1, 0.15) is 39.2 Å². The summed E-state index contributed by atoms with van der Waals surface area (Å²) in [6.45, 7) is 7.19. The highest BCUT2D eigenvalue weighted by atomic mass is 35.5. The van der Waals surface area contributed by atoms with Gasteiger partial charge >= 0.3 is 0 Å². The average molecular weight is 433 g/mol. The van der Waals surface area contributed by atoms with Gasteiger partial charge < -0.3 is 19.7 Å². The van der Waals surface area contributed by atoms with Crippen molar-refractivity contribution in [3.05, 3.63) is 59.1 Å². The molecule has 0 radical (unpaired) electrons. The van der Waals surface area contributed by atoms with Gasteiger partial charge in [0, 0.05) is 30.4 Å². The van der Waals surface area contributed by atoms with E-state index in [9.17, 15) is 4.79 Å². The Hall–Kier alpha value is -2.24. The molecular weight excluding hydrogens is 400 g/mol. The maximum atomic E-state index is 11.3. The Morgan fingerprint density at radius 2 is 1.90 bits per heavy atom. The van der Waals surface area contributed by atoms with Crippen LogP contribution in [0.15, 0.2) is 48.5 Å². The summed E-state index contributed by atoms with van der Waals surface area (Å²) in [6.07, 6.45) is 2.91. The third kappa shape index (κ3) is 7.54. The minimum absolute atomic E-state index is 0.0153. The smallest absolute Gasteiger partial charge is 0.257 e. The molecule has 30 heavy (non-hydrogen) atoms. The number of unbranched alkanes of at least 4 members (excludes halogenated alkanes) is 1. The van der Waals surface area contributed by atoms with Crippen LogP contribution in [0, 0.1) is 0 Å². The molecule has 0 fully saturated rings. The molecule has 1 N–H and O–H groups in total. The molecule has 0 aliphatic rings. The second-order valence-electron chi connectivity index (χ2n) is 7.37. The van der Waals surface area contributed by atoms with E-state index >= 15 is 0 Å². The minimum atomic E-state index is -0.151. The highest BCUT2D eigenvalue weighted by Gasteiger charge is 2.22. The zero-order valence-corrected chi connectivity index (χ0v) is 19.1. The van der Waals surface area contributed by atoms with E-state index in [0.717, 1.165) is 31.6 Å². The SMILES string of the molecule is CCCCOC(C)N(c1cccc(Cl)c1)C(C)Cc1ccc(OCC(=O)NC)cc1. The van der Waals surface area contributed by atoms with Gasteiger partial charge in [-0.05, 0) is 62.6 Å². The van der Waals surface area contributed by atoms with Gasteiger partial charge in [-0.1, -0.05) is 43.1 Å². The van der Waals surface area contributed by atoms with Crippen molar-refractivity contribution < 1.29 is 14.3 Å². The van der Waals surface area contributed by atoms with Gasteiger partial charge in [0.1, 0.15) is 12.0 Å². The van der Waals surface area contributed by atoms with Crippen LogP contribution in [-0.2, 0) is 16.0 Å². The number of carbonyl (C=O) groups excluding carboxylic acids is 1. The van der Waals surface area contributed by atoms with Crippen molar-refractivity contribution in [2.24, 2.45) is 0 Å². The largest absolute Gasteiger partial charge is 0.484 e. The summed E-state index contributed by atoms with van der Waals surface area (Å²) >= 11 is 6.26. The first-order chi connectivity index (χ1) is 14.4. The summed E-state index contributed by atoms with van der Waals surface area (Å²) in [5, 5.41) is 3.25. The molecule has 0 aliphatic heterocycles. The molecule has 1 amide bonds. The van der Waals surface area contributed by atoms with Gasteiger partial charge in [0.05, 0.1) is 0 Å². The molecule has 2 unspecified atom stereocenters. The Balaban J connectivity index is 2.09. The number of amides is 1. The lowest BCUT2D eigenvalue weighted by Gasteiger charge is -2.37. The number of benzene rings is 2. The minimum Gasteiger partial charge on any atom is -0.484 e. The summed E-state index contributed by atoms with van der Waals surface area (Å²) in [4.78, 5) is 13.6. The summed E-state index contributed by atoms with van der Waals surface area (Å²) in [5.41, 5.74) is 2.23. The molecule has 0 aromatic heterocycles. The van der Waals surface area contributed by atoms with Crippen LogP contribution in [0.4, 0.5) is 5.69 Å². The number of hydrogen-bond acceptors (Lipinski definition) is 4. The zero-order valence-electron chi connectivity index (χ0n) is 18.4. The Bertz CT molecular complexity index is 782. The van der Waals surface area contributed by atoms with Crippen molar-refractivity contribution in [1.82, 2.24) is 5.32 Å². The van der Waals surface area contributed by atoms with E-state index in [0.29, 0.717) is 10.8 Å². The van der Waals surface area contributed by atoms with Crippen molar-refractivity contribution in [3.8, 4) is 5.75 Å². The molecular formula is C24H33ClN2O3. The first kappa shape index (κ1) is 24.0. The van der Waals surface area contributed by atoms with Crippen LogP contribution < -0.4 is 15.0 Å². The molecule has 6 heteroatoms. The van der Waals surface area contributed by atoms with Crippen LogP contribution in [0.5, 0.6) is 5.75 Å². The van der Waals surface area contributed by atoms with E-state index in [1.165, 1.54) is 5.56 Å². The third-order valence-electron chi connectivity index (χ3n) is 4.93. The Kier molecular flexibility index (Phi) is 9.98. The zero-order chi connectivity index (χ0) is 21.9. The number of anilines is 1. The van der Waals surface area contributed by atoms with Gasteiger partial charge in [-0.25, -0.2) is 0 Å². The van der Waals surface area contributed by atoms with Gasteiger partial charge in [-0.15, -0.1) is 0 Å². The molecule has 2 atom stereocenters. The Morgan fingerprint density at radius 1 is 1.17 bits per heavy atom. The monoisotopic (exact) mass is 432 g/mol. The van der Waals surface area contributed by atoms with E-state index in [1.807, 2.05) is 42.5 Å². The first-order valence-electron chi connectivity index (χ1n) is 10.5. The number of hydrogen-bond donors (Lipinski definition) is 1. The van der Waals surface area contributed by atoms with Gasteiger partial charge in [-0.2, -0.15) is 0 Å². The van der Waals surface area contributed by atoms with E-state index in [-0.39, 0.29) is 24.8 Å². The van der Waals surface area contributed by atoms with Gasteiger partial charge in [0.2, 0.25) is 0 Å². The number of rotatable bonds is 12. The molecule has 0 saturated heterocycles. The maximum absolute atomic E-state index is 11.3. The van der Waals surface area contributed by atoms with Gasteiger partial charge in [0.25, 0.3) is 5.91 Å². The van der Waals surface area contributed by atoms with Crippen molar-refractivity contribution >= 4 is 23.2 Å². The van der Waals surface area contributed by atoms with Crippen molar-refractivity contribution in [2.45, 2.75) is 52.3 Å². The summed E-state index contributed by atoms with van der Waals surface area (Å²) in [5.74, 6) is 0.528. The number of nitrogens with one attached hydrogen (secondary N) is 1. The van der Waals surface area contributed by atoms with Gasteiger partial charge in [-0.3, -0.25) is 4.79 Å². The second kappa shape index (κ2) is 12.5. The van der Waals surface area contributed by atoms with E-state index in [1.54, 1.807) is 7.05 Å². The predicted octanol–water partition coefficient (Wildman–Crippen LogP) is 5.07. The number of halogens is 1. The number of ether oxygens (including phenoxy) is 2. The molecule has 0 heterocycles. The quantitative estimate of drug-likeness (QED) is 0.376. The van der Waals surface area contributed by atoms with Crippen molar-refractivity contribution in [3.63, 3.8) is 0 Å². The van der Waals surface area contributed by atoms with E-state index in [4.69, 9.17) is 21.1 Å². The number of carbonyl (C=O) groups is 1. The number of likely N-dealkylation sites (N-methyl/N-ethyl adjacent to an activating group) is 1. The van der Waals surface area contributed by atoms with E-state index in [2.05, 4.69) is 37.1 Å². The van der Waals surface area contributed by atoms with Crippen LogP contribution in [0.3, 0.4) is 0 Å². The lowest BCUT2D eigenvalue weighted by atomic mass is 10.0. The lowest BCUT2D eigenvalue weighted by molar-refractivity contribution is -0.122. The van der Waals surface area contributed by atoms with Gasteiger partial charge in [0.15, 0.2) is 6.61 Å². The molecule has 164 valence electrons. The van der Waals surface area contributed by atoms with Crippen LogP contribution in [0.25, 0.3) is 0 Å².